The molecule has 9 heteroatoms. The van der Waals surface area contributed by atoms with Crippen molar-refractivity contribution in [2.24, 2.45) is 10.1 Å². The van der Waals surface area contributed by atoms with Gasteiger partial charge in [-0.1, -0.05) is 24.3 Å². The van der Waals surface area contributed by atoms with Gasteiger partial charge in [0.05, 0.1) is 23.6 Å². The molecule has 8 nitrogen and oxygen atoms in total. The molecule has 160 valence electrons. The Kier molecular flexibility index (Phi) is 4.95. The first-order valence-corrected chi connectivity index (χ1v) is 10.8. The molecule has 0 unspecified atom stereocenters. The van der Waals surface area contributed by atoms with Gasteiger partial charge >= 0.3 is 0 Å². The van der Waals surface area contributed by atoms with Gasteiger partial charge in [0, 0.05) is 23.6 Å². The van der Waals surface area contributed by atoms with Crippen LogP contribution in [-0.2, 0) is 9.59 Å². The molecule has 0 saturated carbocycles. The fourth-order valence-electron chi connectivity index (χ4n) is 3.63. The van der Waals surface area contributed by atoms with Crippen molar-refractivity contribution in [2.45, 2.75) is 0 Å². The second kappa shape index (κ2) is 7.93. The third-order valence-electron chi connectivity index (χ3n) is 5.18. The van der Waals surface area contributed by atoms with Crippen LogP contribution in [0.5, 0.6) is 5.75 Å². The predicted octanol–water partition coefficient (Wildman–Crippen LogP) is 2.86. The Balaban J connectivity index is 1.68. The molecule has 0 bridgehead atoms. The molecule has 0 spiro atoms. The molecule has 0 aliphatic carbocycles. The molecule has 0 radical (unpaired) electrons. The molecule has 2 amide bonds. The van der Waals surface area contributed by atoms with Crippen LogP contribution in [0.15, 0.2) is 70.6 Å². The molecule has 2 aromatic carbocycles. The number of para-hydroxylation sites is 1. The third-order valence-corrected chi connectivity index (χ3v) is 6.03. The van der Waals surface area contributed by atoms with Gasteiger partial charge in [0.25, 0.3) is 11.8 Å². The summed E-state index contributed by atoms with van der Waals surface area (Å²) in [5.41, 5.74) is 4.07. The van der Waals surface area contributed by atoms with E-state index in [1.54, 1.807) is 22.7 Å². The standard InChI is InChI=1S/C23H19N5O3S/c1-3-10-24-23-28(26-21-15-6-4-5-7-17(15)27(2)22(21)30)18(13-32-23)14-8-9-19-16(11-14)25-20(29)12-31-19/h3-9,11,13H,1,10,12H2,2H3,(H,25,29). The van der Waals surface area contributed by atoms with Crippen molar-refractivity contribution in [3.8, 4) is 17.0 Å². The zero-order valence-corrected chi connectivity index (χ0v) is 18.1. The summed E-state index contributed by atoms with van der Waals surface area (Å²) in [7, 11) is 1.73. The van der Waals surface area contributed by atoms with Gasteiger partial charge in [0.2, 0.25) is 4.80 Å². The van der Waals surface area contributed by atoms with Crippen LogP contribution in [-0.4, -0.2) is 42.4 Å². The van der Waals surface area contributed by atoms with Gasteiger partial charge in [-0.2, -0.15) is 5.10 Å². The maximum Gasteiger partial charge on any atom is 0.279 e. The molecule has 0 fully saturated rings. The van der Waals surface area contributed by atoms with Crippen LogP contribution in [0.1, 0.15) is 5.56 Å². The molecule has 2 aliphatic heterocycles. The summed E-state index contributed by atoms with van der Waals surface area (Å²) in [6.07, 6.45) is 1.70. The zero-order valence-electron chi connectivity index (χ0n) is 17.2. The Hall–Kier alpha value is -3.98. The van der Waals surface area contributed by atoms with Crippen LogP contribution in [0.2, 0.25) is 0 Å². The van der Waals surface area contributed by atoms with E-state index in [1.165, 1.54) is 11.3 Å². The van der Waals surface area contributed by atoms with E-state index in [1.807, 2.05) is 47.8 Å². The van der Waals surface area contributed by atoms with Crippen LogP contribution >= 0.6 is 11.3 Å². The average Bonchev–Trinajstić information content (AvgIpc) is 3.31. The molecule has 2 aliphatic rings. The van der Waals surface area contributed by atoms with Crippen molar-refractivity contribution in [1.82, 2.24) is 4.68 Å². The van der Waals surface area contributed by atoms with Crippen molar-refractivity contribution in [1.29, 1.82) is 0 Å². The molecule has 0 atom stereocenters. The van der Waals surface area contributed by atoms with Crippen molar-refractivity contribution in [3.63, 3.8) is 0 Å². The monoisotopic (exact) mass is 445 g/mol. The van der Waals surface area contributed by atoms with Crippen molar-refractivity contribution in [3.05, 3.63) is 70.9 Å². The summed E-state index contributed by atoms with van der Waals surface area (Å²) < 4.78 is 7.14. The lowest BCUT2D eigenvalue weighted by Crippen LogP contribution is -2.27. The summed E-state index contributed by atoms with van der Waals surface area (Å²) in [5, 5.41) is 9.50. The fourth-order valence-corrected chi connectivity index (χ4v) is 4.48. The van der Waals surface area contributed by atoms with E-state index in [0.717, 1.165) is 22.5 Å². The number of hydrogen-bond donors (Lipinski definition) is 1. The van der Waals surface area contributed by atoms with E-state index in [2.05, 4.69) is 16.9 Å². The van der Waals surface area contributed by atoms with Crippen LogP contribution in [0.25, 0.3) is 11.3 Å². The lowest BCUT2D eigenvalue weighted by atomic mass is 10.1. The second-order valence-electron chi connectivity index (χ2n) is 7.22. The highest BCUT2D eigenvalue weighted by Crippen LogP contribution is 2.33. The van der Waals surface area contributed by atoms with E-state index in [-0.39, 0.29) is 18.4 Å². The number of nitrogens with one attached hydrogen (secondary N) is 1. The summed E-state index contributed by atoms with van der Waals surface area (Å²) in [6.45, 7) is 4.15. The van der Waals surface area contributed by atoms with Gasteiger partial charge in [-0.3, -0.25) is 14.6 Å². The molecule has 32 heavy (non-hydrogen) atoms. The number of carbonyl (C=O) groups is 2. The topological polar surface area (TPSA) is 88.3 Å². The number of amides is 2. The summed E-state index contributed by atoms with van der Waals surface area (Å²) in [5.74, 6) is 0.224. The van der Waals surface area contributed by atoms with Crippen molar-refractivity contribution < 1.29 is 14.3 Å². The van der Waals surface area contributed by atoms with Crippen molar-refractivity contribution in [2.75, 3.05) is 30.4 Å². The number of hydrogen-bond acceptors (Lipinski definition) is 6. The highest BCUT2D eigenvalue weighted by Gasteiger charge is 2.31. The molecule has 5 rings (SSSR count). The Labute approximate surface area is 187 Å². The first-order valence-electron chi connectivity index (χ1n) is 9.92. The quantitative estimate of drug-likeness (QED) is 0.627. The number of benzene rings is 2. The minimum atomic E-state index is -0.203. The Morgan fingerprint density at radius 3 is 2.94 bits per heavy atom. The minimum Gasteiger partial charge on any atom is -0.482 e. The van der Waals surface area contributed by atoms with Gasteiger partial charge < -0.3 is 15.0 Å². The second-order valence-corrected chi connectivity index (χ2v) is 8.06. The molecule has 1 aromatic heterocycles. The fraction of sp³-hybridized carbons (Fsp3) is 0.130. The first-order chi connectivity index (χ1) is 15.6. The van der Waals surface area contributed by atoms with E-state index >= 15 is 0 Å². The maximum atomic E-state index is 13.0. The largest absolute Gasteiger partial charge is 0.482 e. The number of anilines is 2. The lowest BCUT2D eigenvalue weighted by molar-refractivity contribution is -0.118. The number of aromatic nitrogens is 1. The average molecular weight is 446 g/mol. The van der Waals surface area contributed by atoms with Gasteiger partial charge in [-0.15, -0.1) is 17.9 Å². The summed E-state index contributed by atoms with van der Waals surface area (Å²) >= 11 is 1.41. The number of ether oxygens (including phenoxy) is 1. The number of rotatable bonds is 4. The molecule has 3 heterocycles. The molecular weight excluding hydrogens is 426 g/mol. The van der Waals surface area contributed by atoms with Gasteiger partial charge in [-0.25, -0.2) is 4.68 Å². The molecule has 1 N–H and O–H groups in total. The first kappa shape index (κ1) is 20.0. The van der Waals surface area contributed by atoms with E-state index in [0.29, 0.717) is 28.5 Å². The smallest absolute Gasteiger partial charge is 0.279 e. The number of carbonyl (C=O) groups excluding carboxylic acids is 2. The molecule has 0 saturated heterocycles. The normalized spacial score (nSPS) is 16.6. The number of thiazole rings is 1. The number of likely N-dealkylation sites (N-methyl/N-ethyl adjacent to an activating group) is 1. The van der Waals surface area contributed by atoms with E-state index in [9.17, 15) is 9.59 Å². The van der Waals surface area contributed by atoms with Crippen LogP contribution in [0.4, 0.5) is 11.4 Å². The summed E-state index contributed by atoms with van der Waals surface area (Å²) in [4.78, 5) is 31.5. The van der Waals surface area contributed by atoms with Gasteiger partial charge in [0.15, 0.2) is 12.3 Å². The molecular formula is C23H19N5O3S. The predicted molar refractivity (Wildman–Crippen MR) is 124 cm³/mol. The number of nitrogens with zero attached hydrogens (tertiary/aromatic N) is 4. The Morgan fingerprint density at radius 2 is 2.09 bits per heavy atom. The molecule has 3 aromatic rings. The van der Waals surface area contributed by atoms with Gasteiger partial charge in [-0.05, 0) is 24.3 Å². The highest BCUT2D eigenvalue weighted by atomic mass is 32.1. The third kappa shape index (κ3) is 3.32. The highest BCUT2D eigenvalue weighted by molar-refractivity contribution is 7.07. The van der Waals surface area contributed by atoms with E-state index < -0.39 is 0 Å². The van der Waals surface area contributed by atoms with Crippen molar-refractivity contribution >= 4 is 40.2 Å². The maximum absolute atomic E-state index is 13.0. The number of fused-ring (bicyclic) bond motifs is 2. The van der Waals surface area contributed by atoms with Crippen LogP contribution < -0.4 is 19.8 Å². The van der Waals surface area contributed by atoms with Crippen LogP contribution in [0.3, 0.4) is 0 Å². The minimum absolute atomic E-state index is 0.00191. The van der Waals surface area contributed by atoms with E-state index in [4.69, 9.17) is 9.84 Å². The zero-order chi connectivity index (χ0) is 22.2. The lowest BCUT2D eigenvalue weighted by Gasteiger charge is -2.18. The Morgan fingerprint density at radius 1 is 1.25 bits per heavy atom. The summed E-state index contributed by atoms with van der Waals surface area (Å²) in [6, 6.07) is 13.1. The Bertz CT molecular complexity index is 1370. The SMILES string of the molecule is C=CCN=c1scc(-c2ccc3c(c2)NC(=O)CO3)n1N=C1C(=O)N(C)c2ccccc21. The van der Waals surface area contributed by atoms with Crippen LogP contribution in [0, 0.1) is 0 Å². The van der Waals surface area contributed by atoms with Gasteiger partial charge in [0.1, 0.15) is 5.75 Å².